The summed E-state index contributed by atoms with van der Waals surface area (Å²) in [5, 5.41) is 9.69. The van der Waals surface area contributed by atoms with Crippen molar-refractivity contribution in [3.63, 3.8) is 0 Å². The Morgan fingerprint density at radius 3 is 2.16 bits per heavy atom. The summed E-state index contributed by atoms with van der Waals surface area (Å²) < 4.78 is 52.8. The molecule has 1 aromatic rings. The molecule has 0 amide bonds. The molecule has 1 aliphatic rings. The highest BCUT2D eigenvalue weighted by Gasteiger charge is 2.46. The molecule has 1 saturated heterocycles. The van der Waals surface area contributed by atoms with Crippen LogP contribution in [0.2, 0.25) is 0 Å². The van der Waals surface area contributed by atoms with Crippen LogP contribution in [0.25, 0.3) is 0 Å². The minimum atomic E-state index is -0.820. The summed E-state index contributed by atoms with van der Waals surface area (Å²) in [6.45, 7) is 13.4. The van der Waals surface area contributed by atoms with E-state index in [0.29, 0.717) is 17.1 Å². The van der Waals surface area contributed by atoms with Crippen molar-refractivity contribution in [1.29, 1.82) is 0 Å². The molecule has 0 aromatic heterocycles. The lowest BCUT2D eigenvalue weighted by molar-refractivity contribution is -0.311. The molecule has 1 heterocycles. The van der Waals surface area contributed by atoms with Crippen LogP contribution in [0.4, 0.5) is 0 Å². The molecule has 1 N–H and O–H groups in total. The summed E-state index contributed by atoms with van der Waals surface area (Å²) in [5.74, 6) is 0.257. The SMILES string of the molecule is COCO[C@@H](COC(=O)C(C)(C)C)[C@H]1O[C@@H](c2ccc(OC)c(OC)c2)O[C@@H]([C@H](C)[C@@H](OCOC)/C(C)=C/[C@H](C)CO)[C@H]1C. The van der Waals surface area contributed by atoms with Crippen molar-refractivity contribution in [3.8, 4) is 11.5 Å². The van der Waals surface area contributed by atoms with Crippen molar-refractivity contribution >= 4 is 5.97 Å². The first-order valence-corrected chi connectivity index (χ1v) is 15.0. The Kier molecular flexibility index (Phi) is 15.5. The third kappa shape index (κ3) is 10.4. The number of hydrogen-bond donors (Lipinski definition) is 1. The second-order valence-corrected chi connectivity index (χ2v) is 12.4. The number of carbonyl (C=O) groups excluding carboxylic acids is 1. The molecule has 8 atom stereocenters. The van der Waals surface area contributed by atoms with E-state index in [0.717, 1.165) is 5.57 Å². The molecule has 11 heteroatoms. The maximum atomic E-state index is 12.7. The van der Waals surface area contributed by atoms with Crippen molar-refractivity contribution < 1.29 is 52.5 Å². The van der Waals surface area contributed by atoms with Gasteiger partial charge in [0.25, 0.3) is 0 Å². The number of benzene rings is 1. The van der Waals surface area contributed by atoms with Crippen LogP contribution in [0.3, 0.4) is 0 Å². The fraction of sp³-hybridized carbons (Fsp3) is 0.727. The lowest BCUT2D eigenvalue weighted by Gasteiger charge is -2.46. The highest BCUT2D eigenvalue weighted by atomic mass is 16.7. The molecule has 0 aliphatic carbocycles. The van der Waals surface area contributed by atoms with Gasteiger partial charge in [-0.3, -0.25) is 4.79 Å². The van der Waals surface area contributed by atoms with E-state index in [-0.39, 0.29) is 50.5 Å². The van der Waals surface area contributed by atoms with E-state index >= 15 is 0 Å². The van der Waals surface area contributed by atoms with Gasteiger partial charge in [0, 0.05) is 38.2 Å². The zero-order valence-electron chi connectivity index (χ0n) is 28.3. The summed E-state index contributed by atoms with van der Waals surface area (Å²) >= 11 is 0. The van der Waals surface area contributed by atoms with E-state index in [9.17, 15) is 9.90 Å². The second kappa shape index (κ2) is 18.0. The molecule has 0 radical (unpaired) electrons. The first-order chi connectivity index (χ1) is 20.8. The van der Waals surface area contributed by atoms with Crippen LogP contribution in [0.5, 0.6) is 11.5 Å². The summed E-state index contributed by atoms with van der Waals surface area (Å²) in [7, 11) is 6.25. The zero-order chi connectivity index (χ0) is 33.0. The smallest absolute Gasteiger partial charge is 0.311 e. The average Bonchev–Trinajstić information content (AvgIpc) is 3.00. The van der Waals surface area contributed by atoms with E-state index in [2.05, 4.69) is 6.92 Å². The predicted molar refractivity (Wildman–Crippen MR) is 164 cm³/mol. The van der Waals surface area contributed by atoms with Gasteiger partial charge in [-0.05, 0) is 51.3 Å². The molecule has 1 fully saturated rings. The Morgan fingerprint density at radius 2 is 1.59 bits per heavy atom. The average molecular weight is 627 g/mol. The fourth-order valence-corrected chi connectivity index (χ4v) is 5.31. The van der Waals surface area contributed by atoms with E-state index in [4.69, 9.17) is 42.6 Å². The predicted octanol–water partition coefficient (Wildman–Crippen LogP) is 4.90. The van der Waals surface area contributed by atoms with Gasteiger partial charge in [0.2, 0.25) is 0 Å². The molecule has 0 saturated carbocycles. The summed E-state index contributed by atoms with van der Waals surface area (Å²) in [6.07, 6.45) is -0.852. The van der Waals surface area contributed by atoms with E-state index in [1.807, 2.05) is 39.0 Å². The molecule has 1 aromatic carbocycles. The highest BCUT2D eigenvalue weighted by Crippen LogP contribution is 2.42. The van der Waals surface area contributed by atoms with E-state index < -0.39 is 36.1 Å². The van der Waals surface area contributed by atoms with Crippen molar-refractivity contribution in [3.05, 3.63) is 35.4 Å². The summed E-state index contributed by atoms with van der Waals surface area (Å²) in [6, 6.07) is 5.47. The van der Waals surface area contributed by atoms with Gasteiger partial charge in [-0.1, -0.05) is 32.9 Å². The third-order valence-electron chi connectivity index (χ3n) is 7.68. The van der Waals surface area contributed by atoms with E-state index in [1.54, 1.807) is 48.2 Å². The Labute approximate surface area is 263 Å². The topological polar surface area (TPSA) is 120 Å². The van der Waals surface area contributed by atoms with Crippen LogP contribution in [-0.2, 0) is 38.0 Å². The van der Waals surface area contributed by atoms with Crippen molar-refractivity contribution in [2.75, 3.05) is 55.2 Å². The number of methoxy groups -OCH3 is 4. The molecule has 252 valence electrons. The van der Waals surface area contributed by atoms with Gasteiger partial charge in [0.1, 0.15) is 26.3 Å². The van der Waals surface area contributed by atoms with Gasteiger partial charge in [-0.2, -0.15) is 0 Å². The summed E-state index contributed by atoms with van der Waals surface area (Å²) in [4.78, 5) is 12.7. The Morgan fingerprint density at radius 1 is 0.977 bits per heavy atom. The van der Waals surface area contributed by atoms with Crippen LogP contribution in [0.15, 0.2) is 29.8 Å². The van der Waals surface area contributed by atoms with Crippen LogP contribution in [-0.4, -0.2) is 90.7 Å². The Hall–Kier alpha value is -2.25. The largest absolute Gasteiger partial charge is 0.493 e. The second-order valence-electron chi connectivity index (χ2n) is 12.4. The molecule has 11 nitrogen and oxygen atoms in total. The Bertz CT molecular complexity index is 1040. The van der Waals surface area contributed by atoms with Crippen molar-refractivity contribution in [1.82, 2.24) is 0 Å². The van der Waals surface area contributed by atoms with Crippen LogP contribution in [0, 0.1) is 23.2 Å². The number of carbonyl (C=O) groups is 1. The van der Waals surface area contributed by atoms with Gasteiger partial charge in [-0.25, -0.2) is 0 Å². The third-order valence-corrected chi connectivity index (χ3v) is 7.68. The quantitative estimate of drug-likeness (QED) is 0.144. The number of rotatable bonds is 17. The van der Waals surface area contributed by atoms with Crippen LogP contribution < -0.4 is 9.47 Å². The lowest BCUT2D eigenvalue weighted by atomic mass is 9.81. The fourth-order valence-electron chi connectivity index (χ4n) is 5.31. The van der Waals surface area contributed by atoms with Crippen molar-refractivity contribution in [2.24, 2.45) is 23.2 Å². The molecular formula is C33H54O11. The monoisotopic (exact) mass is 626 g/mol. The molecule has 1 aliphatic heterocycles. The number of ether oxygens (including phenoxy) is 9. The van der Waals surface area contributed by atoms with Gasteiger partial charge in [-0.15, -0.1) is 0 Å². The summed E-state index contributed by atoms with van der Waals surface area (Å²) in [5.41, 5.74) is 0.975. The highest BCUT2D eigenvalue weighted by molar-refractivity contribution is 5.75. The van der Waals surface area contributed by atoms with Crippen molar-refractivity contribution in [2.45, 2.75) is 79.2 Å². The normalized spacial score (nSPS) is 23.9. The number of aliphatic hydroxyl groups is 1. The molecule has 2 rings (SSSR count). The van der Waals surface area contributed by atoms with Gasteiger partial charge in [0.15, 0.2) is 17.8 Å². The van der Waals surface area contributed by atoms with Gasteiger partial charge in [0.05, 0.1) is 37.9 Å². The first kappa shape index (κ1) is 37.9. The molecule has 0 unspecified atom stereocenters. The zero-order valence-corrected chi connectivity index (χ0v) is 28.3. The lowest BCUT2D eigenvalue weighted by Crippen LogP contribution is -2.53. The molecule has 44 heavy (non-hydrogen) atoms. The number of hydrogen-bond acceptors (Lipinski definition) is 11. The maximum Gasteiger partial charge on any atom is 0.311 e. The molecule has 0 bridgehead atoms. The molecule has 0 spiro atoms. The van der Waals surface area contributed by atoms with Crippen LogP contribution in [0.1, 0.15) is 60.3 Å². The van der Waals surface area contributed by atoms with Crippen LogP contribution >= 0.6 is 0 Å². The number of aliphatic hydroxyl groups excluding tert-OH is 1. The Balaban J connectivity index is 2.57. The minimum absolute atomic E-state index is 0.0160. The van der Waals surface area contributed by atoms with Gasteiger partial charge < -0.3 is 47.7 Å². The first-order valence-electron chi connectivity index (χ1n) is 15.0. The van der Waals surface area contributed by atoms with E-state index in [1.165, 1.54) is 7.11 Å². The number of esters is 1. The van der Waals surface area contributed by atoms with Gasteiger partial charge >= 0.3 is 5.97 Å². The minimum Gasteiger partial charge on any atom is -0.493 e. The standard InChI is InChI=1S/C33H54O11/c1-20(16-34)14-21(2)28(42-19-37-9)22(3)29-23(4)30(27(41-18-36-8)17-40-32(35)33(5,6)7)44-31(43-29)24-12-13-25(38-10)26(15-24)39-11/h12-15,20,22-23,27-31,34H,16-19H2,1-11H3/b21-14+/t20-,22+,23+,27-,28-,29-,30-,31-/m0/s1. The molecular weight excluding hydrogens is 572 g/mol. The maximum absolute atomic E-state index is 12.7.